The lowest BCUT2D eigenvalue weighted by Crippen LogP contribution is -2.39. The van der Waals surface area contributed by atoms with Crippen molar-refractivity contribution < 1.29 is 4.79 Å². The summed E-state index contributed by atoms with van der Waals surface area (Å²) in [6, 6.07) is 11.8. The lowest BCUT2D eigenvalue weighted by Gasteiger charge is -2.35. The van der Waals surface area contributed by atoms with E-state index >= 15 is 0 Å². The van der Waals surface area contributed by atoms with Crippen LogP contribution in [0, 0.1) is 12.8 Å². The second-order valence-corrected chi connectivity index (χ2v) is 7.77. The van der Waals surface area contributed by atoms with Gasteiger partial charge in [0.15, 0.2) is 0 Å². The quantitative estimate of drug-likeness (QED) is 0.669. The highest BCUT2D eigenvalue weighted by atomic mass is 16.2. The minimum absolute atomic E-state index is 0.0803. The minimum Gasteiger partial charge on any atom is -0.371 e. The Labute approximate surface area is 171 Å². The fraction of sp³-hybridized carbons (Fsp3) is 0.348. The van der Waals surface area contributed by atoms with Crippen LogP contribution in [0.4, 0.5) is 5.69 Å². The number of nitrogens with zero attached hydrogens (tertiary/aromatic N) is 5. The van der Waals surface area contributed by atoms with E-state index in [-0.39, 0.29) is 5.91 Å². The maximum atomic E-state index is 12.9. The molecule has 0 aliphatic carbocycles. The van der Waals surface area contributed by atoms with Crippen molar-refractivity contribution in [2.45, 2.75) is 19.8 Å². The Kier molecular flexibility index (Phi) is 5.60. The number of anilines is 1. The van der Waals surface area contributed by atoms with Gasteiger partial charge in [0.1, 0.15) is 0 Å². The van der Waals surface area contributed by atoms with Crippen LogP contribution in [0.15, 0.2) is 61.2 Å². The molecule has 6 heteroatoms. The van der Waals surface area contributed by atoms with E-state index in [1.807, 2.05) is 66.4 Å². The first-order valence-corrected chi connectivity index (χ1v) is 10.1. The first-order valence-electron chi connectivity index (χ1n) is 10.1. The molecule has 0 radical (unpaired) electrons. The Balaban J connectivity index is 1.35. The highest BCUT2D eigenvalue weighted by Crippen LogP contribution is 2.24. The monoisotopic (exact) mass is 389 g/mol. The molecule has 29 heavy (non-hydrogen) atoms. The van der Waals surface area contributed by atoms with Crippen molar-refractivity contribution in [3.05, 3.63) is 72.3 Å². The van der Waals surface area contributed by atoms with Crippen molar-refractivity contribution in [3.63, 3.8) is 0 Å². The summed E-state index contributed by atoms with van der Waals surface area (Å²) in [4.78, 5) is 21.3. The number of pyridine rings is 1. The molecule has 1 amide bonds. The third kappa shape index (κ3) is 4.31. The van der Waals surface area contributed by atoms with E-state index in [4.69, 9.17) is 0 Å². The smallest absolute Gasteiger partial charge is 0.253 e. The lowest BCUT2D eigenvalue weighted by molar-refractivity contribution is 0.0765. The number of hydrogen-bond acceptors (Lipinski definition) is 4. The van der Waals surface area contributed by atoms with Gasteiger partial charge in [0.2, 0.25) is 0 Å². The van der Waals surface area contributed by atoms with Crippen LogP contribution in [0.1, 0.15) is 28.8 Å². The van der Waals surface area contributed by atoms with Crippen LogP contribution in [0.25, 0.3) is 5.69 Å². The molecule has 1 fully saturated rings. The molecule has 4 rings (SSSR count). The number of amides is 1. The van der Waals surface area contributed by atoms with E-state index in [0.717, 1.165) is 49.3 Å². The molecule has 150 valence electrons. The number of aryl methyl sites for hydroxylation is 1. The summed E-state index contributed by atoms with van der Waals surface area (Å²) in [6.07, 6.45) is 9.54. The van der Waals surface area contributed by atoms with Gasteiger partial charge in [-0.15, -0.1) is 0 Å². The number of carbonyl (C=O) groups excluding carboxylic acids is 1. The molecule has 3 heterocycles. The van der Waals surface area contributed by atoms with Crippen molar-refractivity contribution in [3.8, 4) is 5.69 Å². The highest BCUT2D eigenvalue weighted by molar-refractivity contribution is 5.94. The molecule has 0 N–H and O–H groups in total. The van der Waals surface area contributed by atoms with Gasteiger partial charge in [0, 0.05) is 62.7 Å². The summed E-state index contributed by atoms with van der Waals surface area (Å²) in [7, 11) is 1.91. The zero-order valence-corrected chi connectivity index (χ0v) is 17.0. The molecule has 0 saturated carbocycles. The number of carbonyl (C=O) groups is 1. The van der Waals surface area contributed by atoms with Crippen LogP contribution in [-0.4, -0.2) is 52.3 Å². The van der Waals surface area contributed by atoms with Gasteiger partial charge in [-0.25, -0.2) is 4.68 Å². The summed E-state index contributed by atoms with van der Waals surface area (Å²) in [5.74, 6) is 0.614. The number of aromatic nitrogens is 3. The maximum absolute atomic E-state index is 12.9. The Morgan fingerprint density at radius 1 is 1.14 bits per heavy atom. The average molecular weight is 390 g/mol. The van der Waals surface area contributed by atoms with Crippen LogP contribution in [0.2, 0.25) is 0 Å². The molecular formula is C23H27N5O. The van der Waals surface area contributed by atoms with Gasteiger partial charge in [-0.05, 0) is 67.6 Å². The molecule has 6 nitrogen and oxygen atoms in total. The predicted molar refractivity (Wildman–Crippen MR) is 114 cm³/mol. The summed E-state index contributed by atoms with van der Waals surface area (Å²) in [5.41, 5.74) is 4.00. The number of rotatable bonds is 5. The van der Waals surface area contributed by atoms with Gasteiger partial charge in [0.25, 0.3) is 5.91 Å². The molecule has 1 aromatic carbocycles. The molecule has 1 aliphatic heterocycles. The Bertz CT molecular complexity index is 947. The molecule has 0 unspecified atom stereocenters. The van der Waals surface area contributed by atoms with Crippen LogP contribution in [-0.2, 0) is 0 Å². The van der Waals surface area contributed by atoms with Gasteiger partial charge in [-0.3, -0.25) is 9.78 Å². The first kappa shape index (κ1) is 19.2. The topological polar surface area (TPSA) is 54.3 Å². The summed E-state index contributed by atoms with van der Waals surface area (Å²) >= 11 is 0. The molecule has 1 aliphatic rings. The molecule has 0 atom stereocenters. The van der Waals surface area contributed by atoms with Crippen molar-refractivity contribution in [1.29, 1.82) is 0 Å². The fourth-order valence-corrected chi connectivity index (χ4v) is 4.08. The van der Waals surface area contributed by atoms with E-state index in [2.05, 4.69) is 27.1 Å². The SMILES string of the molecule is Cc1cc(C(=O)N(C)CC2CCN(c3ccncc3)CC2)ccc1-n1cccn1. The van der Waals surface area contributed by atoms with Crippen LogP contribution in [0.3, 0.4) is 0 Å². The normalized spacial score (nSPS) is 14.8. The van der Waals surface area contributed by atoms with Gasteiger partial charge in [0.05, 0.1) is 5.69 Å². The molecule has 0 spiro atoms. The van der Waals surface area contributed by atoms with Crippen molar-refractivity contribution >= 4 is 11.6 Å². The average Bonchev–Trinajstić information content (AvgIpc) is 3.29. The standard InChI is InChI=1S/C23H27N5O/c1-18-16-20(4-5-22(18)28-13-3-10-25-28)23(29)26(2)17-19-8-14-27(15-9-19)21-6-11-24-12-7-21/h3-7,10-13,16,19H,8-9,14-15,17H2,1-2H3. The molecular weight excluding hydrogens is 362 g/mol. The number of hydrogen-bond donors (Lipinski definition) is 0. The second-order valence-electron chi connectivity index (χ2n) is 7.77. The lowest BCUT2D eigenvalue weighted by atomic mass is 9.95. The van der Waals surface area contributed by atoms with E-state index in [1.54, 1.807) is 6.20 Å². The number of benzene rings is 1. The van der Waals surface area contributed by atoms with Crippen molar-refractivity contribution in [1.82, 2.24) is 19.7 Å². The predicted octanol–water partition coefficient (Wildman–Crippen LogP) is 3.56. The third-order valence-electron chi connectivity index (χ3n) is 5.72. The van der Waals surface area contributed by atoms with Crippen molar-refractivity contribution in [2.24, 2.45) is 5.92 Å². The Hall–Kier alpha value is -3.15. The summed E-state index contributed by atoms with van der Waals surface area (Å²) < 4.78 is 1.82. The van der Waals surface area contributed by atoms with Gasteiger partial charge in [-0.1, -0.05) is 0 Å². The second kappa shape index (κ2) is 8.47. The van der Waals surface area contributed by atoms with E-state index in [0.29, 0.717) is 5.92 Å². The largest absolute Gasteiger partial charge is 0.371 e. The Morgan fingerprint density at radius 3 is 2.55 bits per heavy atom. The molecule has 0 bridgehead atoms. The zero-order valence-electron chi connectivity index (χ0n) is 17.0. The number of piperidine rings is 1. The summed E-state index contributed by atoms with van der Waals surface area (Å²) in [5, 5.41) is 4.28. The Morgan fingerprint density at radius 2 is 1.90 bits per heavy atom. The van der Waals surface area contributed by atoms with E-state index < -0.39 is 0 Å². The van der Waals surface area contributed by atoms with E-state index in [9.17, 15) is 4.79 Å². The minimum atomic E-state index is 0.0803. The fourth-order valence-electron chi connectivity index (χ4n) is 4.08. The van der Waals surface area contributed by atoms with Crippen LogP contribution in [0.5, 0.6) is 0 Å². The highest BCUT2D eigenvalue weighted by Gasteiger charge is 2.23. The molecule has 2 aromatic heterocycles. The van der Waals surface area contributed by atoms with Gasteiger partial charge >= 0.3 is 0 Å². The molecule has 3 aromatic rings. The van der Waals surface area contributed by atoms with Crippen molar-refractivity contribution in [2.75, 3.05) is 31.6 Å². The van der Waals surface area contributed by atoms with Crippen LogP contribution < -0.4 is 4.90 Å². The first-order chi connectivity index (χ1) is 14.1. The molecule has 1 saturated heterocycles. The maximum Gasteiger partial charge on any atom is 0.253 e. The van der Waals surface area contributed by atoms with Crippen LogP contribution >= 0.6 is 0 Å². The summed E-state index contributed by atoms with van der Waals surface area (Å²) in [6.45, 7) is 4.86. The zero-order chi connectivity index (χ0) is 20.2. The van der Waals surface area contributed by atoms with Gasteiger partial charge < -0.3 is 9.80 Å². The van der Waals surface area contributed by atoms with E-state index in [1.165, 1.54) is 5.69 Å². The van der Waals surface area contributed by atoms with Gasteiger partial charge in [-0.2, -0.15) is 5.10 Å². The third-order valence-corrected chi connectivity index (χ3v) is 5.72.